The summed E-state index contributed by atoms with van der Waals surface area (Å²) in [4.78, 5) is 0. The first-order valence-electron chi connectivity index (χ1n) is 7.59. The van der Waals surface area contributed by atoms with Gasteiger partial charge in [0.25, 0.3) is 0 Å². The Labute approximate surface area is 120 Å². The first kappa shape index (κ1) is 13.4. The van der Waals surface area contributed by atoms with Crippen molar-refractivity contribution in [1.29, 1.82) is 0 Å². The van der Waals surface area contributed by atoms with Crippen molar-refractivity contribution in [2.75, 3.05) is 0 Å². The first-order chi connectivity index (χ1) is 9.74. The van der Waals surface area contributed by atoms with Gasteiger partial charge in [-0.25, -0.2) is 4.68 Å². The molecule has 0 aliphatic heterocycles. The number of nitrogens with zero attached hydrogens (tertiary/aromatic N) is 2. The number of nitrogens with two attached hydrogens (primary N) is 1. The molecule has 3 atom stereocenters. The molecule has 0 saturated heterocycles. The van der Waals surface area contributed by atoms with Crippen LogP contribution in [0.1, 0.15) is 44.2 Å². The highest BCUT2D eigenvalue weighted by Gasteiger charge is 2.26. The van der Waals surface area contributed by atoms with E-state index < -0.39 is 0 Å². The molecule has 0 spiro atoms. The molecule has 3 unspecified atom stereocenters. The van der Waals surface area contributed by atoms with Gasteiger partial charge in [0.05, 0.1) is 11.9 Å². The van der Waals surface area contributed by atoms with Crippen LogP contribution in [0.2, 0.25) is 0 Å². The Morgan fingerprint density at radius 1 is 1.25 bits per heavy atom. The lowest BCUT2D eigenvalue weighted by atomic mass is 9.77. The molecule has 1 fully saturated rings. The standard InChI is InChI=1S/C17H23N3/c1-13-6-5-7-14(10-13)17(18)15-11-19-20(12-15)16-8-3-2-4-9-16/h2-4,8-9,11-14,17H,5-7,10,18H2,1H3. The third-order valence-corrected chi connectivity index (χ3v) is 4.49. The highest BCUT2D eigenvalue weighted by atomic mass is 15.3. The van der Waals surface area contributed by atoms with Crippen LogP contribution in [0.4, 0.5) is 0 Å². The van der Waals surface area contributed by atoms with Gasteiger partial charge in [0.2, 0.25) is 0 Å². The predicted molar refractivity (Wildman–Crippen MR) is 81.6 cm³/mol. The van der Waals surface area contributed by atoms with Gasteiger partial charge in [-0.3, -0.25) is 0 Å². The number of hydrogen-bond acceptors (Lipinski definition) is 2. The van der Waals surface area contributed by atoms with Crippen molar-refractivity contribution in [3.63, 3.8) is 0 Å². The van der Waals surface area contributed by atoms with E-state index in [-0.39, 0.29) is 6.04 Å². The molecule has 3 nitrogen and oxygen atoms in total. The van der Waals surface area contributed by atoms with E-state index in [2.05, 4.69) is 30.4 Å². The topological polar surface area (TPSA) is 43.8 Å². The minimum absolute atomic E-state index is 0.121. The summed E-state index contributed by atoms with van der Waals surface area (Å²) >= 11 is 0. The summed E-state index contributed by atoms with van der Waals surface area (Å²) in [5.74, 6) is 1.41. The van der Waals surface area contributed by atoms with E-state index in [1.54, 1.807) is 0 Å². The smallest absolute Gasteiger partial charge is 0.0645 e. The van der Waals surface area contributed by atoms with Crippen molar-refractivity contribution in [2.24, 2.45) is 17.6 Å². The second kappa shape index (κ2) is 5.80. The zero-order valence-corrected chi connectivity index (χ0v) is 12.1. The van der Waals surface area contributed by atoms with Crippen LogP contribution in [0.15, 0.2) is 42.7 Å². The van der Waals surface area contributed by atoms with E-state index in [0.29, 0.717) is 5.92 Å². The summed E-state index contributed by atoms with van der Waals surface area (Å²) in [6.07, 6.45) is 9.18. The van der Waals surface area contributed by atoms with Gasteiger partial charge in [0.15, 0.2) is 0 Å². The fourth-order valence-electron chi connectivity index (χ4n) is 3.31. The van der Waals surface area contributed by atoms with Crippen molar-refractivity contribution in [2.45, 2.75) is 38.6 Å². The average molecular weight is 269 g/mol. The molecule has 1 aromatic heterocycles. The van der Waals surface area contributed by atoms with Crippen molar-refractivity contribution in [1.82, 2.24) is 9.78 Å². The molecule has 0 amide bonds. The number of hydrogen-bond donors (Lipinski definition) is 1. The van der Waals surface area contributed by atoms with Gasteiger partial charge < -0.3 is 5.73 Å². The normalized spacial score (nSPS) is 24.5. The molecule has 3 heteroatoms. The number of aromatic nitrogens is 2. The van der Waals surface area contributed by atoms with Crippen LogP contribution in [0.25, 0.3) is 5.69 Å². The van der Waals surface area contributed by atoms with Gasteiger partial charge in [-0.15, -0.1) is 0 Å². The summed E-state index contributed by atoms with van der Waals surface area (Å²) in [5, 5.41) is 4.46. The summed E-state index contributed by atoms with van der Waals surface area (Å²) in [6, 6.07) is 10.3. The summed E-state index contributed by atoms with van der Waals surface area (Å²) in [7, 11) is 0. The van der Waals surface area contributed by atoms with E-state index in [9.17, 15) is 0 Å². The largest absolute Gasteiger partial charge is 0.324 e. The van der Waals surface area contributed by atoms with Crippen LogP contribution < -0.4 is 5.73 Å². The Hall–Kier alpha value is -1.61. The zero-order valence-electron chi connectivity index (χ0n) is 12.1. The van der Waals surface area contributed by atoms with Crippen LogP contribution in [-0.2, 0) is 0 Å². The van der Waals surface area contributed by atoms with Gasteiger partial charge in [0, 0.05) is 17.8 Å². The average Bonchev–Trinajstić information content (AvgIpc) is 2.97. The maximum absolute atomic E-state index is 6.47. The molecule has 1 aliphatic rings. The predicted octanol–water partition coefficient (Wildman–Crippen LogP) is 3.70. The molecule has 2 N–H and O–H groups in total. The SMILES string of the molecule is CC1CCCC(C(N)c2cnn(-c3ccccc3)c2)C1. The van der Waals surface area contributed by atoms with E-state index in [0.717, 1.165) is 17.2 Å². The Kier molecular flexibility index (Phi) is 3.88. The molecule has 20 heavy (non-hydrogen) atoms. The molecular weight excluding hydrogens is 246 g/mol. The molecule has 0 radical (unpaired) electrons. The van der Waals surface area contributed by atoms with Gasteiger partial charge >= 0.3 is 0 Å². The molecule has 1 aromatic carbocycles. The van der Waals surface area contributed by atoms with E-state index in [4.69, 9.17) is 5.73 Å². The Morgan fingerprint density at radius 2 is 2.05 bits per heavy atom. The quantitative estimate of drug-likeness (QED) is 0.923. The Balaban J connectivity index is 1.76. The lowest BCUT2D eigenvalue weighted by molar-refractivity contribution is 0.248. The molecule has 106 valence electrons. The summed E-state index contributed by atoms with van der Waals surface area (Å²) < 4.78 is 1.92. The summed E-state index contributed by atoms with van der Waals surface area (Å²) in [6.45, 7) is 2.34. The van der Waals surface area contributed by atoms with Gasteiger partial charge in [-0.2, -0.15) is 5.10 Å². The van der Waals surface area contributed by atoms with Crippen LogP contribution in [-0.4, -0.2) is 9.78 Å². The van der Waals surface area contributed by atoms with Crippen molar-refractivity contribution in [3.8, 4) is 5.69 Å². The maximum atomic E-state index is 6.47. The van der Waals surface area contributed by atoms with Crippen LogP contribution in [0, 0.1) is 11.8 Å². The third-order valence-electron chi connectivity index (χ3n) is 4.49. The van der Waals surface area contributed by atoms with Crippen molar-refractivity contribution in [3.05, 3.63) is 48.3 Å². The number of para-hydroxylation sites is 1. The maximum Gasteiger partial charge on any atom is 0.0645 e. The van der Waals surface area contributed by atoms with Crippen LogP contribution in [0.5, 0.6) is 0 Å². The van der Waals surface area contributed by atoms with Crippen LogP contribution in [0.3, 0.4) is 0 Å². The van der Waals surface area contributed by atoms with Gasteiger partial charge in [0.1, 0.15) is 0 Å². The molecule has 3 rings (SSSR count). The van der Waals surface area contributed by atoms with E-state index >= 15 is 0 Å². The molecule has 0 bridgehead atoms. The number of benzene rings is 1. The lowest BCUT2D eigenvalue weighted by Crippen LogP contribution is -2.25. The second-order valence-corrected chi connectivity index (χ2v) is 6.11. The monoisotopic (exact) mass is 269 g/mol. The lowest BCUT2D eigenvalue weighted by Gasteiger charge is -2.30. The minimum atomic E-state index is 0.121. The number of rotatable bonds is 3. The van der Waals surface area contributed by atoms with Crippen LogP contribution >= 0.6 is 0 Å². The van der Waals surface area contributed by atoms with Gasteiger partial charge in [-0.1, -0.05) is 38.0 Å². The fraction of sp³-hybridized carbons (Fsp3) is 0.471. The highest BCUT2D eigenvalue weighted by Crippen LogP contribution is 2.35. The second-order valence-electron chi connectivity index (χ2n) is 6.11. The van der Waals surface area contributed by atoms with Gasteiger partial charge in [-0.05, 0) is 36.8 Å². The Bertz CT molecular complexity index is 546. The molecular formula is C17H23N3. The summed E-state index contributed by atoms with van der Waals surface area (Å²) in [5.41, 5.74) is 8.72. The fourth-order valence-corrected chi connectivity index (χ4v) is 3.31. The van der Waals surface area contributed by atoms with E-state index in [1.807, 2.05) is 29.1 Å². The zero-order chi connectivity index (χ0) is 13.9. The van der Waals surface area contributed by atoms with Crippen molar-refractivity contribution < 1.29 is 0 Å². The third kappa shape index (κ3) is 2.78. The van der Waals surface area contributed by atoms with Crippen molar-refractivity contribution >= 4 is 0 Å². The minimum Gasteiger partial charge on any atom is -0.324 e. The molecule has 1 saturated carbocycles. The van der Waals surface area contributed by atoms with E-state index in [1.165, 1.54) is 25.7 Å². The Morgan fingerprint density at radius 3 is 2.80 bits per heavy atom. The highest BCUT2D eigenvalue weighted by molar-refractivity contribution is 5.31. The molecule has 2 aromatic rings. The first-order valence-corrected chi connectivity index (χ1v) is 7.59. The molecule has 1 aliphatic carbocycles. The molecule has 1 heterocycles.